The monoisotopic (exact) mass is 998 g/mol. The average Bonchev–Trinajstić information content (AvgIpc) is 3.27. The van der Waals surface area contributed by atoms with Crippen LogP contribution in [0.1, 0.15) is 140 Å². The van der Waals surface area contributed by atoms with Crippen molar-refractivity contribution < 1.29 is 81.0 Å². The van der Waals surface area contributed by atoms with Gasteiger partial charge in [-0.2, -0.15) is 8.42 Å². The van der Waals surface area contributed by atoms with E-state index in [1.54, 1.807) is 82.3 Å². The molecule has 0 fully saturated rings. The Labute approximate surface area is 411 Å². The first-order valence-electron chi connectivity index (χ1n) is 22.4. The maximum atomic E-state index is 11.6. The highest BCUT2D eigenvalue weighted by Gasteiger charge is 2.33. The summed E-state index contributed by atoms with van der Waals surface area (Å²) in [6.45, 7) is 16.7. The van der Waals surface area contributed by atoms with Crippen LogP contribution in [0.5, 0.6) is 23.0 Å². The van der Waals surface area contributed by atoms with Crippen LogP contribution in [0.15, 0.2) is 84.9 Å². The predicted octanol–water partition coefficient (Wildman–Crippen LogP) is 8.60. The number of carboxylic acids is 1. The number of rotatable bonds is 12. The van der Waals surface area contributed by atoms with Gasteiger partial charge >= 0.3 is 23.9 Å². The number of para-hydroxylation sites is 4. The third-order valence-electron chi connectivity index (χ3n) is 10.8. The van der Waals surface area contributed by atoms with E-state index in [0.717, 1.165) is 24.0 Å². The minimum Gasteiger partial charge on any atom is -0.507 e. The van der Waals surface area contributed by atoms with E-state index in [1.807, 2.05) is 18.2 Å². The van der Waals surface area contributed by atoms with Crippen LogP contribution in [0.2, 0.25) is 0 Å². The van der Waals surface area contributed by atoms with Gasteiger partial charge in [0, 0.05) is 17.5 Å². The number of carbonyl (C=O) groups excluding carboxylic acids is 3. The number of carboxylic acid groups (broad SMARTS) is 1. The third-order valence-corrected chi connectivity index (χ3v) is 11.6. The molecule has 2 aliphatic heterocycles. The summed E-state index contributed by atoms with van der Waals surface area (Å²) in [6.07, 6.45) is 3.02. The third kappa shape index (κ3) is 20.0. The lowest BCUT2D eigenvalue weighted by molar-refractivity contribution is 0.0534. The lowest BCUT2D eigenvalue weighted by Crippen LogP contribution is -2.27. The van der Waals surface area contributed by atoms with Gasteiger partial charge < -0.3 is 48.8 Å². The molecule has 2 aliphatic rings. The second-order valence-corrected chi connectivity index (χ2v) is 20.3. The Hall–Kier alpha value is -6.21. The molecule has 4 aromatic rings. The quantitative estimate of drug-likeness (QED) is 0.0505. The largest absolute Gasteiger partial charge is 0.507 e. The van der Waals surface area contributed by atoms with Crippen LogP contribution < -0.4 is 14.2 Å². The number of phenols is 1. The molecule has 4 aromatic carbocycles. The number of aromatic carboxylic acids is 1. The molecule has 18 heteroatoms. The molecule has 0 bridgehead atoms. The summed E-state index contributed by atoms with van der Waals surface area (Å²) in [5.41, 5.74) is 1.87. The van der Waals surface area contributed by atoms with Crippen LogP contribution in [-0.4, -0.2) is 115 Å². The lowest BCUT2D eigenvalue weighted by Gasteiger charge is -2.33. The van der Waals surface area contributed by atoms with Crippen molar-refractivity contribution in [1.29, 1.82) is 0 Å². The Morgan fingerprint density at radius 2 is 1.03 bits per heavy atom. The van der Waals surface area contributed by atoms with E-state index in [2.05, 4.69) is 37.2 Å². The van der Waals surface area contributed by atoms with Crippen molar-refractivity contribution in [3.8, 4) is 23.0 Å². The highest BCUT2D eigenvalue weighted by atomic mass is 32.2. The molecule has 0 aromatic heterocycles. The van der Waals surface area contributed by atoms with Gasteiger partial charge in [-0.15, -0.1) is 0 Å². The molecule has 0 unspecified atom stereocenters. The molecule has 0 amide bonds. The molecule has 6 rings (SSSR count). The Bertz CT molecular complexity index is 2460. The van der Waals surface area contributed by atoms with Crippen LogP contribution in [0.3, 0.4) is 0 Å². The van der Waals surface area contributed by atoms with Crippen LogP contribution in [0, 0.1) is 0 Å². The number of benzene rings is 4. The lowest BCUT2D eigenvalue weighted by atomic mass is 9.79. The van der Waals surface area contributed by atoms with Crippen LogP contribution in [-0.2, 0) is 35.2 Å². The molecule has 70 heavy (non-hydrogen) atoms. The van der Waals surface area contributed by atoms with Gasteiger partial charge in [-0.25, -0.2) is 19.2 Å². The van der Waals surface area contributed by atoms with E-state index in [1.165, 1.54) is 33.5 Å². The molecule has 0 saturated carbocycles. The van der Waals surface area contributed by atoms with Crippen molar-refractivity contribution in [3.63, 3.8) is 0 Å². The maximum absolute atomic E-state index is 11.6. The van der Waals surface area contributed by atoms with Gasteiger partial charge in [0.05, 0.1) is 58.1 Å². The zero-order valence-electron chi connectivity index (χ0n) is 42.0. The van der Waals surface area contributed by atoms with E-state index in [0.29, 0.717) is 61.0 Å². The second-order valence-electron chi connectivity index (χ2n) is 18.7. The number of aromatic hydroxyl groups is 1. The molecule has 5 N–H and O–H groups in total. The highest BCUT2D eigenvalue weighted by Crippen LogP contribution is 2.41. The Morgan fingerprint density at radius 3 is 1.49 bits per heavy atom. The van der Waals surface area contributed by atoms with Crippen LogP contribution in [0.4, 0.5) is 0 Å². The smallest absolute Gasteiger partial charge is 0.341 e. The summed E-state index contributed by atoms with van der Waals surface area (Å²) >= 11 is 0. The summed E-state index contributed by atoms with van der Waals surface area (Å²) in [4.78, 5) is 44.9. The molecule has 2 heterocycles. The van der Waals surface area contributed by atoms with Crippen molar-refractivity contribution in [2.45, 2.75) is 110 Å². The van der Waals surface area contributed by atoms with Gasteiger partial charge in [-0.3, -0.25) is 4.55 Å². The minimum atomic E-state index is -3.86. The van der Waals surface area contributed by atoms with Crippen molar-refractivity contribution in [2.75, 3.05) is 46.9 Å². The molecule has 17 nitrogen and oxygen atoms in total. The number of fused-ring (bicyclic) bond motifs is 2. The maximum Gasteiger partial charge on any atom is 0.341 e. The molecule has 0 saturated heterocycles. The molecule has 0 aliphatic carbocycles. The Morgan fingerprint density at radius 1 is 0.614 bits per heavy atom. The van der Waals surface area contributed by atoms with Gasteiger partial charge in [-0.05, 0) is 101 Å². The van der Waals surface area contributed by atoms with Gasteiger partial charge in [0.1, 0.15) is 45.3 Å². The minimum absolute atomic E-state index is 0.000949. The van der Waals surface area contributed by atoms with Crippen LogP contribution >= 0.6 is 0 Å². The summed E-state index contributed by atoms with van der Waals surface area (Å²) in [5, 5.41) is 36.8. The first kappa shape index (κ1) is 59.9. The summed E-state index contributed by atoms with van der Waals surface area (Å²) in [5.74, 6) is -0.849. The fourth-order valence-corrected chi connectivity index (χ4v) is 7.21. The fourth-order valence-electron chi connectivity index (χ4n) is 6.70. The van der Waals surface area contributed by atoms with Crippen molar-refractivity contribution in [3.05, 3.63) is 118 Å². The van der Waals surface area contributed by atoms with Crippen molar-refractivity contribution in [1.82, 2.24) is 0 Å². The zero-order chi connectivity index (χ0) is 53.1. The van der Waals surface area contributed by atoms with Crippen molar-refractivity contribution >= 4 is 34.0 Å². The number of ether oxygens (including phenoxy) is 6. The Kier molecular flexibility index (Phi) is 22.8. The van der Waals surface area contributed by atoms with Gasteiger partial charge in [0.25, 0.3) is 10.1 Å². The van der Waals surface area contributed by atoms with Gasteiger partial charge in [0.2, 0.25) is 0 Å². The first-order chi connectivity index (χ1) is 32.5. The standard InChI is InChI=1S/C13H18O4.C13H16O3.C12H14O3.C8H8O3.C6H14O4S/c1-13(2,15)8-9-17-11-7-5-4-6-10(11)12(14)16-3;1-13(2)7-8-16-11-9(12(14)15-3)5-4-6-10(11)13;1-12(2)6-7-15-10-8(11(13)14)4-3-5-9(10)12;1-11-8(10)6-4-2-3-5-7(6)9;1-6(2,7)4-3-5-11(8,9)10/h4-7,15H,8-9H2,1-3H3;4-6H,7-8H2,1-3H3;3-5H,6-7H2,1-2H3,(H,13,14);2-5,9H,1H3;7H,3-5H2,1-2H3,(H,8,9,10). The summed E-state index contributed by atoms with van der Waals surface area (Å²) < 4.78 is 59.1. The highest BCUT2D eigenvalue weighted by molar-refractivity contribution is 7.85. The number of carbonyl (C=O) groups is 4. The number of hydrogen-bond donors (Lipinski definition) is 5. The molecule has 0 radical (unpaired) electrons. The van der Waals surface area contributed by atoms with E-state index < -0.39 is 39.2 Å². The summed E-state index contributed by atoms with van der Waals surface area (Å²) in [6, 6.07) is 24.1. The summed E-state index contributed by atoms with van der Waals surface area (Å²) in [7, 11) is 0.129. The first-order valence-corrected chi connectivity index (χ1v) is 24.0. The molecular formula is C52H70O17S. The molecule has 0 atom stereocenters. The van der Waals surface area contributed by atoms with E-state index in [9.17, 15) is 32.7 Å². The van der Waals surface area contributed by atoms with E-state index in [4.69, 9.17) is 38.8 Å². The molecule has 386 valence electrons. The molecular weight excluding hydrogens is 929 g/mol. The topological polar surface area (TPSA) is 259 Å². The number of phenolic OH excluding ortho intramolecular Hbond substituents is 1. The molecule has 0 spiro atoms. The Balaban J connectivity index is 0.000000304. The fraction of sp³-hybridized carbons (Fsp3) is 0.462. The number of methoxy groups -OCH3 is 3. The number of aliphatic hydroxyl groups is 2. The predicted molar refractivity (Wildman–Crippen MR) is 263 cm³/mol. The van der Waals surface area contributed by atoms with E-state index in [-0.39, 0.29) is 45.8 Å². The van der Waals surface area contributed by atoms with E-state index >= 15 is 0 Å². The van der Waals surface area contributed by atoms with Crippen molar-refractivity contribution in [2.24, 2.45) is 0 Å². The second kappa shape index (κ2) is 26.7. The number of esters is 3. The van der Waals surface area contributed by atoms with Gasteiger partial charge in [-0.1, -0.05) is 76.2 Å². The SMILES string of the molecule is CC(C)(O)CCCS(=O)(=O)O.CC1(C)CCOc2c(C(=O)O)cccc21.COC(=O)c1cccc2c1OCCC2(C)C.COC(=O)c1ccccc1O.COC(=O)c1ccccc1OCCC(C)(C)O. The average molecular weight is 999 g/mol. The van der Waals surface area contributed by atoms with Gasteiger partial charge in [0.15, 0.2) is 0 Å². The number of hydrogen-bond acceptors (Lipinski definition) is 15. The zero-order valence-corrected chi connectivity index (χ0v) is 42.8. The normalized spacial score (nSPS) is 14.0. The van der Waals surface area contributed by atoms with Crippen LogP contribution in [0.25, 0.3) is 0 Å².